The molecule has 0 aliphatic heterocycles. The highest BCUT2D eigenvalue weighted by Crippen LogP contribution is 2.29. The van der Waals surface area contributed by atoms with Crippen molar-refractivity contribution in [3.63, 3.8) is 0 Å². The van der Waals surface area contributed by atoms with Gasteiger partial charge in [0.2, 0.25) is 5.13 Å². The van der Waals surface area contributed by atoms with Gasteiger partial charge in [0.05, 0.1) is 0 Å². The van der Waals surface area contributed by atoms with Gasteiger partial charge in [-0.1, -0.05) is 66.8 Å². The Kier molecular flexibility index (Phi) is 4.65. The van der Waals surface area contributed by atoms with Crippen LogP contribution in [0.3, 0.4) is 0 Å². The summed E-state index contributed by atoms with van der Waals surface area (Å²) in [7, 11) is 0. The van der Waals surface area contributed by atoms with E-state index in [0.717, 1.165) is 33.3 Å². The summed E-state index contributed by atoms with van der Waals surface area (Å²) in [4.78, 5) is 0. The summed E-state index contributed by atoms with van der Waals surface area (Å²) < 4.78 is 0. The predicted octanol–water partition coefficient (Wildman–Crippen LogP) is 3.56. The molecular formula is C18H17N7S. The quantitative estimate of drug-likeness (QED) is 0.544. The van der Waals surface area contributed by atoms with Crippen LogP contribution in [0.25, 0.3) is 22.5 Å². The van der Waals surface area contributed by atoms with E-state index in [9.17, 15) is 0 Å². The fraction of sp³-hybridized carbons (Fsp3) is 0.167. The van der Waals surface area contributed by atoms with Crippen molar-refractivity contribution in [2.45, 2.75) is 19.9 Å². The average molecular weight is 363 g/mol. The highest BCUT2D eigenvalue weighted by Gasteiger charge is 2.10. The minimum Gasteiger partial charge on any atom is -0.356 e. The molecular weight excluding hydrogens is 346 g/mol. The van der Waals surface area contributed by atoms with E-state index in [1.165, 1.54) is 5.56 Å². The Morgan fingerprint density at radius 3 is 2.46 bits per heavy atom. The minimum atomic E-state index is 0.661. The van der Waals surface area contributed by atoms with Crippen LogP contribution < -0.4 is 5.32 Å². The molecule has 130 valence electrons. The molecule has 0 radical (unpaired) electrons. The Hall–Kier alpha value is -3.13. The molecule has 2 aromatic carbocycles. The zero-order valence-corrected chi connectivity index (χ0v) is 15.0. The van der Waals surface area contributed by atoms with Gasteiger partial charge in [0.1, 0.15) is 5.01 Å². The summed E-state index contributed by atoms with van der Waals surface area (Å²) in [5.41, 5.74) is 4.36. The first-order chi connectivity index (χ1) is 12.8. The first kappa shape index (κ1) is 16.3. The SMILES string of the molecule is CCc1nnc(NCc2ccc(-c3ccccc3-c3nnn[nH]3)cc2)s1. The summed E-state index contributed by atoms with van der Waals surface area (Å²) in [5, 5.41) is 27.7. The van der Waals surface area contributed by atoms with E-state index in [4.69, 9.17) is 0 Å². The van der Waals surface area contributed by atoms with Crippen molar-refractivity contribution in [1.29, 1.82) is 0 Å². The summed E-state index contributed by atoms with van der Waals surface area (Å²) >= 11 is 1.60. The maximum atomic E-state index is 4.14. The number of benzene rings is 2. The third-order valence-electron chi connectivity index (χ3n) is 4.01. The number of H-pyrrole nitrogens is 1. The minimum absolute atomic E-state index is 0.661. The van der Waals surface area contributed by atoms with Gasteiger partial charge in [-0.3, -0.25) is 0 Å². The lowest BCUT2D eigenvalue weighted by molar-refractivity contribution is 0.881. The van der Waals surface area contributed by atoms with Gasteiger partial charge < -0.3 is 5.32 Å². The molecule has 0 unspecified atom stereocenters. The number of rotatable bonds is 6. The van der Waals surface area contributed by atoms with Gasteiger partial charge in [0, 0.05) is 12.1 Å². The standard InChI is InChI=1S/C18H17N7S/c1-2-16-20-23-18(26-16)19-11-12-7-9-13(10-8-12)14-5-3-4-6-15(14)17-21-24-25-22-17/h3-10H,2,11H2,1H3,(H,19,23)(H,21,22,24,25). The molecule has 4 aromatic rings. The van der Waals surface area contributed by atoms with Crippen molar-refractivity contribution in [2.24, 2.45) is 0 Å². The molecule has 0 atom stereocenters. The Morgan fingerprint density at radius 1 is 0.962 bits per heavy atom. The maximum Gasteiger partial charge on any atom is 0.205 e. The van der Waals surface area contributed by atoms with Crippen molar-refractivity contribution in [3.05, 3.63) is 59.1 Å². The number of hydrogen-bond acceptors (Lipinski definition) is 7. The second kappa shape index (κ2) is 7.40. The lowest BCUT2D eigenvalue weighted by Gasteiger charge is -2.08. The number of aromatic nitrogens is 6. The van der Waals surface area contributed by atoms with Crippen molar-refractivity contribution in [3.8, 4) is 22.5 Å². The van der Waals surface area contributed by atoms with Crippen LogP contribution in [0.5, 0.6) is 0 Å². The number of aromatic amines is 1. The van der Waals surface area contributed by atoms with Crippen molar-refractivity contribution >= 4 is 16.5 Å². The molecule has 0 spiro atoms. The smallest absolute Gasteiger partial charge is 0.205 e. The topological polar surface area (TPSA) is 92.3 Å². The normalized spacial score (nSPS) is 10.8. The Bertz CT molecular complexity index is 977. The van der Waals surface area contributed by atoms with Crippen LogP contribution >= 0.6 is 11.3 Å². The van der Waals surface area contributed by atoms with Crippen molar-refractivity contribution in [1.82, 2.24) is 30.8 Å². The summed E-state index contributed by atoms with van der Waals surface area (Å²) in [6.07, 6.45) is 0.911. The van der Waals surface area contributed by atoms with Crippen LogP contribution in [0.2, 0.25) is 0 Å². The molecule has 4 rings (SSSR count). The van der Waals surface area contributed by atoms with Crippen LogP contribution in [-0.4, -0.2) is 30.8 Å². The van der Waals surface area contributed by atoms with Crippen LogP contribution in [-0.2, 0) is 13.0 Å². The van der Waals surface area contributed by atoms with E-state index < -0.39 is 0 Å². The van der Waals surface area contributed by atoms with E-state index in [1.807, 2.05) is 18.2 Å². The number of tetrazole rings is 1. The van der Waals surface area contributed by atoms with Gasteiger partial charge in [-0.05, 0) is 33.5 Å². The van der Waals surface area contributed by atoms with E-state index in [1.54, 1.807) is 11.3 Å². The molecule has 0 aliphatic rings. The molecule has 7 nitrogen and oxygen atoms in total. The van der Waals surface area contributed by atoms with E-state index in [-0.39, 0.29) is 0 Å². The number of aryl methyl sites for hydroxylation is 1. The molecule has 2 aromatic heterocycles. The first-order valence-corrected chi connectivity index (χ1v) is 9.14. The summed E-state index contributed by atoms with van der Waals surface area (Å²) in [5.74, 6) is 0.661. The summed E-state index contributed by atoms with van der Waals surface area (Å²) in [6.45, 7) is 2.79. The lowest BCUT2D eigenvalue weighted by atomic mass is 9.98. The fourth-order valence-corrected chi connectivity index (χ4v) is 3.34. The van der Waals surface area contributed by atoms with Crippen LogP contribution in [0.15, 0.2) is 48.5 Å². The highest BCUT2D eigenvalue weighted by molar-refractivity contribution is 7.15. The highest BCUT2D eigenvalue weighted by atomic mass is 32.1. The molecule has 0 saturated heterocycles. The number of hydrogen-bond donors (Lipinski definition) is 2. The maximum absolute atomic E-state index is 4.14. The van der Waals surface area contributed by atoms with Crippen molar-refractivity contribution in [2.75, 3.05) is 5.32 Å². The number of nitrogens with one attached hydrogen (secondary N) is 2. The molecule has 0 bridgehead atoms. The second-order valence-corrected chi connectivity index (χ2v) is 6.76. The third kappa shape index (κ3) is 3.45. The van der Waals surface area contributed by atoms with E-state index >= 15 is 0 Å². The molecule has 2 heterocycles. The second-order valence-electron chi connectivity index (χ2n) is 5.70. The van der Waals surface area contributed by atoms with Gasteiger partial charge in [0.25, 0.3) is 0 Å². The Labute approximate surface area is 154 Å². The fourth-order valence-electron chi connectivity index (χ4n) is 2.66. The van der Waals surface area contributed by atoms with Crippen LogP contribution in [0.1, 0.15) is 17.5 Å². The Morgan fingerprint density at radius 2 is 1.77 bits per heavy atom. The van der Waals surface area contributed by atoms with Crippen molar-refractivity contribution < 1.29 is 0 Å². The van der Waals surface area contributed by atoms with Gasteiger partial charge in [-0.25, -0.2) is 5.10 Å². The third-order valence-corrected chi connectivity index (χ3v) is 5.03. The molecule has 0 saturated carbocycles. The Balaban J connectivity index is 1.51. The predicted molar refractivity (Wildman–Crippen MR) is 102 cm³/mol. The number of nitrogens with zero attached hydrogens (tertiary/aromatic N) is 5. The average Bonchev–Trinajstić information content (AvgIpc) is 3.39. The molecule has 8 heteroatoms. The van der Waals surface area contributed by atoms with Gasteiger partial charge in [-0.2, -0.15) is 0 Å². The number of anilines is 1. The van der Waals surface area contributed by atoms with Crippen LogP contribution in [0.4, 0.5) is 5.13 Å². The van der Waals surface area contributed by atoms with E-state index in [2.05, 4.69) is 73.4 Å². The zero-order chi connectivity index (χ0) is 17.8. The van der Waals surface area contributed by atoms with Gasteiger partial charge >= 0.3 is 0 Å². The molecule has 2 N–H and O–H groups in total. The van der Waals surface area contributed by atoms with E-state index in [0.29, 0.717) is 12.4 Å². The molecule has 0 fully saturated rings. The van der Waals surface area contributed by atoms with Crippen LogP contribution in [0, 0.1) is 0 Å². The zero-order valence-electron chi connectivity index (χ0n) is 14.2. The van der Waals surface area contributed by atoms with Gasteiger partial charge in [0.15, 0.2) is 5.82 Å². The summed E-state index contributed by atoms with van der Waals surface area (Å²) in [6, 6.07) is 16.5. The molecule has 0 aliphatic carbocycles. The lowest BCUT2D eigenvalue weighted by Crippen LogP contribution is -1.98. The largest absolute Gasteiger partial charge is 0.356 e. The monoisotopic (exact) mass is 363 g/mol. The first-order valence-electron chi connectivity index (χ1n) is 8.32. The molecule has 26 heavy (non-hydrogen) atoms. The molecule has 0 amide bonds. The van der Waals surface area contributed by atoms with Gasteiger partial charge in [-0.15, -0.1) is 15.3 Å².